The molecule has 0 fully saturated rings. The van der Waals surface area contributed by atoms with E-state index in [1.54, 1.807) is 7.05 Å². The van der Waals surface area contributed by atoms with Gasteiger partial charge in [-0.2, -0.15) is 5.10 Å². The number of benzene rings is 1. The Hall–Kier alpha value is -2.83. The highest BCUT2D eigenvalue weighted by molar-refractivity contribution is 5.91. The van der Waals surface area contributed by atoms with Gasteiger partial charge in [-0.25, -0.2) is 4.79 Å². The second kappa shape index (κ2) is 5.04. The van der Waals surface area contributed by atoms with Crippen LogP contribution in [0, 0.1) is 0 Å². The molecule has 2 aromatic rings. The summed E-state index contributed by atoms with van der Waals surface area (Å²) in [5.74, 6) is -1.15. The van der Waals surface area contributed by atoms with Crippen molar-refractivity contribution in [3.05, 3.63) is 29.5 Å². The molecule has 20 heavy (non-hydrogen) atoms. The number of carboxylic acid groups (broad SMARTS) is 1. The number of nitrogens with zero attached hydrogens (tertiary/aromatic N) is 2. The molecule has 0 bridgehead atoms. The zero-order valence-electron chi connectivity index (χ0n) is 10.8. The molecule has 0 aliphatic rings. The molecule has 2 rings (SSSR count). The number of phenolic OH excluding ortho intramolecular Hbond substituents is 1. The highest BCUT2D eigenvalue weighted by Gasteiger charge is 2.17. The molecule has 7 nitrogen and oxygen atoms in total. The smallest absolute Gasteiger partial charge is 0.356 e. The van der Waals surface area contributed by atoms with Gasteiger partial charge >= 0.3 is 5.97 Å². The molecule has 0 radical (unpaired) electrons. The number of hydrogen-bond acceptors (Lipinski definition) is 5. The lowest BCUT2D eigenvalue weighted by atomic mass is 10.0. The van der Waals surface area contributed by atoms with E-state index < -0.39 is 5.97 Å². The van der Waals surface area contributed by atoms with Crippen molar-refractivity contribution >= 4 is 12.3 Å². The minimum absolute atomic E-state index is 0.144. The number of aromatic carboxylic acids is 1. The van der Waals surface area contributed by atoms with Gasteiger partial charge in [-0.15, -0.1) is 0 Å². The lowest BCUT2D eigenvalue weighted by Gasteiger charge is -2.09. The number of phenols is 1. The molecule has 1 heterocycles. The molecule has 0 spiro atoms. The fourth-order valence-electron chi connectivity index (χ4n) is 1.89. The first-order valence-electron chi connectivity index (χ1n) is 5.61. The van der Waals surface area contributed by atoms with E-state index in [0.717, 1.165) is 0 Å². The van der Waals surface area contributed by atoms with Gasteiger partial charge in [-0.05, 0) is 18.2 Å². The second-order valence-electron chi connectivity index (χ2n) is 4.07. The third kappa shape index (κ3) is 2.20. The number of aldehydes is 1. The lowest BCUT2D eigenvalue weighted by molar-refractivity contribution is 0.0689. The number of methoxy groups -OCH3 is 1. The number of ether oxygens (including phenoxy) is 1. The summed E-state index contributed by atoms with van der Waals surface area (Å²) in [6, 6.07) is 4.05. The van der Waals surface area contributed by atoms with Crippen LogP contribution in [0.3, 0.4) is 0 Å². The van der Waals surface area contributed by atoms with E-state index in [4.69, 9.17) is 9.84 Å². The van der Waals surface area contributed by atoms with Crippen LogP contribution >= 0.6 is 0 Å². The molecule has 104 valence electrons. The van der Waals surface area contributed by atoms with Crippen LogP contribution in [-0.4, -0.2) is 39.4 Å². The van der Waals surface area contributed by atoms with Crippen LogP contribution in [0.4, 0.5) is 0 Å². The molecule has 0 unspecified atom stereocenters. The zero-order valence-corrected chi connectivity index (χ0v) is 10.8. The van der Waals surface area contributed by atoms with Crippen LogP contribution in [0.15, 0.2) is 18.2 Å². The van der Waals surface area contributed by atoms with Crippen LogP contribution < -0.4 is 4.74 Å². The Morgan fingerprint density at radius 1 is 1.40 bits per heavy atom. The maximum absolute atomic E-state index is 11.1. The van der Waals surface area contributed by atoms with Gasteiger partial charge in [0.1, 0.15) is 0 Å². The van der Waals surface area contributed by atoms with Gasteiger partial charge in [0.25, 0.3) is 0 Å². The fraction of sp³-hybridized carbons (Fsp3) is 0.154. The molecule has 0 aliphatic carbocycles. The first-order valence-corrected chi connectivity index (χ1v) is 5.61. The van der Waals surface area contributed by atoms with Gasteiger partial charge in [0, 0.05) is 18.2 Å². The number of hydrogen-bond donors (Lipinski definition) is 2. The van der Waals surface area contributed by atoms with Crippen LogP contribution in [-0.2, 0) is 7.05 Å². The average Bonchev–Trinajstić information content (AvgIpc) is 2.80. The van der Waals surface area contributed by atoms with Crippen molar-refractivity contribution in [2.45, 2.75) is 0 Å². The number of rotatable bonds is 4. The molecule has 7 heteroatoms. The Morgan fingerprint density at radius 3 is 2.60 bits per heavy atom. The SMILES string of the molecule is COc1cc(C=O)c(-c2cc(C(=O)O)nn2C)cc1O. The first kappa shape index (κ1) is 13.6. The summed E-state index contributed by atoms with van der Waals surface area (Å²) in [4.78, 5) is 22.1. The highest BCUT2D eigenvalue weighted by Crippen LogP contribution is 2.34. The molecular weight excluding hydrogens is 264 g/mol. The van der Waals surface area contributed by atoms with Gasteiger partial charge in [0.15, 0.2) is 23.5 Å². The Morgan fingerprint density at radius 2 is 2.10 bits per heavy atom. The molecule has 0 saturated carbocycles. The minimum atomic E-state index is -1.17. The van der Waals surface area contributed by atoms with E-state index in [1.165, 1.54) is 30.0 Å². The predicted molar refractivity (Wildman–Crippen MR) is 69.2 cm³/mol. The van der Waals surface area contributed by atoms with Crippen molar-refractivity contribution in [1.82, 2.24) is 9.78 Å². The van der Waals surface area contributed by atoms with Crippen molar-refractivity contribution in [3.8, 4) is 22.8 Å². The van der Waals surface area contributed by atoms with Crippen molar-refractivity contribution in [1.29, 1.82) is 0 Å². The summed E-state index contributed by atoms with van der Waals surface area (Å²) in [7, 11) is 2.92. The monoisotopic (exact) mass is 276 g/mol. The number of carbonyl (C=O) groups is 2. The van der Waals surface area contributed by atoms with Crippen LogP contribution in [0.25, 0.3) is 11.3 Å². The number of aryl methyl sites for hydroxylation is 1. The Balaban J connectivity index is 2.65. The fourth-order valence-corrected chi connectivity index (χ4v) is 1.89. The molecular formula is C13H12N2O5. The van der Waals surface area contributed by atoms with E-state index in [-0.39, 0.29) is 22.8 Å². The Bertz CT molecular complexity index is 690. The topological polar surface area (TPSA) is 102 Å². The standard InChI is InChI=1S/C13H12N2O5/c1-15-10(5-9(14-15)13(18)19)8-4-11(17)12(20-2)3-7(8)6-16/h3-6,17H,1-2H3,(H,18,19). The van der Waals surface area contributed by atoms with Crippen molar-refractivity contribution in [2.75, 3.05) is 7.11 Å². The number of carbonyl (C=O) groups excluding carboxylic acids is 1. The van der Waals surface area contributed by atoms with E-state index in [9.17, 15) is 14.7 Å². The molecule has 0 saturated heterocycles. The first-order chi connectivity index (χ1) is 9.47. The van der Waals surface area contributed by atoms with Crippen LogP contribution in [0.1, 0.15) is 20.8 Å². The average molecular weight is 276 g/mol. The predicted octanol–water partition coefficient (Wildman–Crippen LogP) is 1.31. The van der Waals surface area contributed by atoms with Crippen molar-refractivity contribution < 1.29 is 24.5 Å². The normalized spacial score (nSPS) is 10.3. The van der Waals surface area contributed by atoms with Crippen molar-refractivity contribution in [3.63, 3.8) is 0 Å². The number of carboxylic acids is 1. The van der Waals surface area contributed by atoms with Gasteiger partial charge < -0.3 is 14.9 Å². The molecule has 0 amide bonds. The van der Waals surface area contributed by atoms with Gasteiger partial charge in [-0.3, -0.25) is 9.48 Å². The summed E-state index contributed by atoms with van der Waals surface area (Å²) in [5, 5.41) is 22.5. The number of aromatic nitrogens is 2. The van der Waals surface area contributed by atoms with E-state index in [2.05, 4.69) is 5.10 Å². The van der Waals surface area contributed by atoms with E-state index >= 15 is 0 Å². The van der Waals surface area contributed by atoms with E-state index in [0.29, 0.717) is 17.5 Å². The van der Waals surface area contributed by atoms with Crippen molar-refractivity contribution in [2.24, 2.45) is 7.05 Å². The second-order valence-corrected chi connectivity index (χ2v) is 4.07. The summed E-state index contributed by atoms with van der Waals surface area (Å²) in [6.45, 7) is 0. The maximum Gasteiger partial charge on any atom is 0.356 e. The maximum atomic E-state index is 11.1. The molecule has 0 aliphatic heterocycles. The van der Waals surface area contributed by atoms with Crippen LogP contribution in [0.2, 0.25) is 0 Å². The lowest BCUT2D eigenvalue weighted by Crippen LogP contribution is -2.00. The molecule has 1 aromatic carbocycles. The Kier molecular flexibility index (Phi) is 3.43. The minimum Gasteiger partial charge on any atom is -0.504 e. The third-order valence-corrected chi connectivity index (χ3v) is 2.85. The summed E-state index contributed by atoms with van der Waals surface area (Å²) in [6.07, 6.45) is 0.602. The zero-order chi connectivity index (χ0) is 14.9. The highest BCUT2D eigenvalue weighted by atomic mass is 16.5. The largest absolute Gasteiger partial charge is 0.504 e. The quantitative estimate of drug-likeness (QED) is 0.816. The summed E-state index contributed by atoms with van der Waals surface area (Å²) < 4.78 is 6.26. The number of aromatic hydroxyl groups is 1. The van der Waals surface area contributed by atoms with E-state index in [1.807, 2.05) is 0 Å². The third-order valence-electron chi connectivity index (χ3n) is 2.85. The molecule has 0 atom stereocenters. The Labute approximate surface area is 114 Å². The summed E-state index contributed by atoms with van der Waals surface area (Å²) >= 11 is 0. The van der Waals surface area contributed by atoms with Gasteiger partial charge in [0.05, 0.1) is 12.8 Å². The summed E-state index contributed by atoms with van der Waals surface area (Å²) in [5.41, 5.74) is 0.900. The molecule has 1 aromatic heterocycles. The van der Waals surface area contributed by atoms with Gasteiger partial charge in [-0.1, -0.05) is 0 Å². The molecule has 2 N–H and O–H groups in total. The van der Waals surface area contributed by atoms with Gasteiger partial charge in [0.2, 0.25) is 0 Å². The van der Waals surface area contributed by atoms with Crippen LogP contribution in [0.5, 0.6) is 11.5 Å².